The third kappa shape index (κ3) is 3.22. The number of hydrogen-bond acceptors (Lipinski definition) is 4. The minimum atomic E-state index is -0.717. The van der Waals surface area contributed by atoms with Crippen LogP contribution in [0.5, 0.6) is 5.75 Å². The van der Waals surface area contributed by atoms with Crippen LogP contribution in [0.4, 0.5) is 0 Å². The zero-order valence-electron chi connectivity index (χ0n) is 11.8. The second-order valence-electron chi connectivity index (χ2n) is 4.87. The smallest absolute Gasteiger partial charge is 0.169 e. The van der Waals surface area contributed by atoms with Crippen molar-refractivity contribution in [3.8, 4) is 5.75 Å². The van der Waals surface area contributed by atoms with E-state index in [2.05, 4.69) is 15.9 Å². The average Bonchev–Trinajstić information content (AvgIpc) is 2.48. The van der Waals surface area contributed by atoms with Crippen molar-refractivity contribution in [2.45, 2.75) is 24.9 Å². The topological polar surface area (TPSA) is 44.8 Å². The van der Waals surface area contributed by atoms with Crippen molar-refractivity contribution < 1.29 is 19.0 Å². The fourth-order valence-corrected chi connectivity index (χ4v) is 2.93. The number of rotatable bonds is 5. The molecule has 1 aromatic carbocycles. The number of hydrogen-bond donors (Lipinski definition) is 0. The zero-order valence-corrected chi connectivity index (χ0v) is 13.4. The molecular formula is C15H19BrO4. The Kier molecular flexibility index (Phi) is 5.18. The van der Waals surface area contributed by atoms with E-state index in [9.17, 15) is 4.79 Å². The number of ketones is 1. The van der Waals surface area contributed by atoms with Crippen LogP contribution >= 0.6 is 15.9 Å². The Morgan fingerprint density at radius 2 is 2.05 bits per heavy atom. The van der Waals surface area contributed by atoms with Gasteiger partial charge in [-0.05, 0) is 18.2 Å². The van der Waals surface area contributed by atoms with Crippen LogP contribution in [0.25, 0.3) is 0 Å². The van der Waals surface area contributed by atoms with Gasteiger partial charge >= 0.3 is 0 Å². The molecule has 0 bridgehead atoms. The van der Waals surface area contributed by atoms with Gasteiger partial charge in [-0.3, -0.25) is 4.79 Å². The fourth-order valence-electron chi connectivity index (χ4n) is 2.52. The Morgan fingerprint density at radius 1 is 1.35 bits per heavy atom. The highest BCUT2D eigenvalue weighted by atomic mass is 79.9. The van der Waals surface area contributed by atoms with Crippen LogP contribution in [0.2, 0.25) is 0 Å². The van der Waals surface area contributed by atoms with E-state index in [1.165, 1.54) is 0 Å². The van der Waals surface area contributed by atoms with Crippen molar-refractivity contribution >= 4 is 21.7 Å². The van der Waals surface area contributed by atoms with Gasteiger partial charge in [0.1, 0.15) is 11.4 Å². The molecule has 1 saturated heterocycles. The Morgan fingerprint density at radius 3 is 2.65 bits per heavy atom. The molecule has 0 spiro atoms. The van der Waals surface area contributed by atoms with Crippen molar-refractivity contribution in [1.29, 1.82) is 0 Å². The standard InChI is InChI=1S/C15H19BrO4/c1-18-13-4-3-12(16)9-11(13)10-14(17)15(19-2)5-7-20-8-6-15/h3-4,9H,5-8,10H2,1-2H3. The van der Waals surface area contributed by atoms with Gasteiger partial charge in [0.25, 0.3) is 0 Å². The highest BCUT2D eigenvalue weighted by Gasteiger charge is 2.39. The van der Waals surface area contributed by atoms with Crippen LogP contribution in [0.15, 0.2) is 22.7 Å². The maximum absolute atomic E-state index is 12.6. The van der Waals surface area contributed by atoms with E-state index in [1.54, 1.807) is 14.2 Å². The van der Waals surface area contributed by atoms with Gasteiger partial charge in [0.15, 0.2) is 5.78 Å². The number of carbonyl (C=O) groups is 1. The Labute approximate surface area is 127 Å². The largest absolute Gasteiger partial charge is 0.496 e. The molecule has 1 aliphatic rings. The first-order chi connectivity index (χ1) is 9.61. The molecule has 1 aliphatic heterocycles. The number of Topliss-reactive ketones (excluding diaryl/α,β-unsaturated/α-hetero) is 1. The molecule has 0 radical (unpaired) electrons. The molecule has 0 unspecified atom stereocenters. The van der Waals surface area contributed by atoms with Crippen LogP contribution in [-0.4, -0.2) is 38.8 Å². The van der Waals surface area contributed by atoms with Crippen LogP contribution in [-0.2, 0) is 20.7 Å². The van der Waals surface area contributed by atoms with Crippen LogP contribution < -0.4 is 4.74 Å². The number of benzene rings is 1. The van der Waals surface area contributed by atoms with E-state index >= 15 is 0 Å². The second kappa shape index (κ2) is 6.70. The highest BCUT2D eigenvalue weighted by Crippen LogP contribution is 2.30. The van der Waals surface area contributed by atoms with E-state index in [0.717, 1.165) is 15.8 Å². The van der Waals surface area contributed by atoms with E-state index in [4.69, 9.17) is 14.2 Å². The summed E-state index contributed by atoms with van der Waals surface area (Å²) in [6.07, 6.45) is 1.52. The van der Waals surface area contributed by atoms with Gasteiger partial charge in [-0.1, -0.05) is 15.9 Å². The van der Waals surface area contributed by atoms with Gasteiger partial charge in [-0.2, -0.15) is 0 Å². The molecule has 2 rings (SSSR count). The first-order valence-electron chi connectivity index (χ1n) is 6.60. The lowest BCUT2D eigenvalue weighted by molar-refractivity contribution is -0.152. The summed E-state index contributed by atoms with van der Waals surface area (Å²) in [5.41, 5.74) is 0.153. The molecule has 0 aliphatic carbocycles. The van der Waals surface area contributed by atoms with Crippen molar-refractivity contribution in [2.75, 3.05) is 27.4 Å². The molecule has 0 saturated carbocycles. The lowest BCUT2D eigenvalue weighted by Crippen LogP contribution is -2.46. The SMILES string of the molecule is COc1ccc(Br)cc1CC(=O)C1(OC)CCOCC1. The summed E-state index contributed by atoms with van der Waals surface area (Å²) >= 11 is 3.42. The van der Waals surface area contributed by atoms with Crippen molar-refractivity contribution in [3.63, 3.8) is 0 Å². The molecule has 110 valence electrons. The summed E-state index contributed by atoms with van der Waals surface area (Å²) in [5, 5.41) is 0. The van der Waals surface area contributed by atoms with Crippen molar-refractivity contribution in [3.05, 3.63) is 28.2 Å². The normalized spacial score (nSPS) is 17.8. The van der Waals surface area contributed by atoms with Crippen LogP contribution in [0.3, 0.4) is 0 Å². The maximum atomic E-state index is 12.6. The number of carbonyl (C=O) groups excluding carboxylic acids is 1. The lowest BCUT2D eigenvalue weighted by atomic mass is 9.86. The Bertz CT molecular complexity index is 481. The zero-order chi connectivity index (χ0) is 14.6. The summed E-state index contributed by atoms with van der Waals surface area (Å²) in [6, 6.07) is 5.67. The molecule has 0 N–H and O–H groups in total. The van der Waals surface area contributed by atoms with E-state index in [1.807, 2.05) is 18.2 Å². The molecule has 0 amide bonds. The molecule has 1 heterocycles. The van der Waals surface area contributed by atoms with Gasteiger partial charge in [-0.25, -0.2) is 0 Å². The molecule has 4 nitrogen and oxygen atoms in total. The number of halogens is 1. The highest BCUT2D eigenvalue weighted by molar-refractivity contribution is 9.10. The molecule has 0 aromatic heterocycles. The molecule has 20 heavy (non-hydrogen) atoms. The number of ether oxygens (including phenoxy) is 3. The lowest BCUT2D eigenvalue weighted by Gasteiger charge is -2.34. The fraction of sp³-hybridized carbons (Fsp3) is 0.533. The maximum Gasteiger partial charge on any atom is 0.169 e. The van der Waals surface area contributed by atoms with E-state index < -0.39 is 5.60 Å². The second-order valence-corrected chi connectivity index (χ2v) is 5.78. The van der Waals surface area contributed by atoms with E-state index in [0.29, 0.717) is 32.5 Å². The summed E-state index contributed by atoms with van der Waals surface area (Å²) < 4.78 is 17.1. The van der Waals surface area contributed by atoms with Gasteiger partial charge in [0.2, 0.25) is 0 Å². The average molecular weight is 343 g/mol. The third-order valence-corrected chi connectivity index (χ3v) is 4.29. The summed E-state index contributed by atoms with van der Waals surface area (Å²) in [6.45, 7) is 1.13. The first kappa shape index (κ1) is 15.5. The van der Waals surface area contributed by atoms with Crippen LogP contribution in [0, 0.1) is 0 Å². The molecular weight excluding hydrogens is 324 g/mol. The molecule has 0 atom stereocenters. The Hall–Kier alpha value is -0.910. The summed E-state index contributed by atoms with van der Waals surface area (Å²) in [7, 11) is 3.21. The van der Waals surface area contributed by atoms with Gasteiger partial charge in [0.05, 0.1) is 7.11 Å². The minimum Gasteiger partial charge on any atom is -0.496 e. The quantitative estimate of drug-likeness (QED) is 0.825. The molecule has 5 heteroatoms. The van der Waals surface area contributed by atoms with Crippen molar-refractivity contribution in [2.24, 2.45) is 0 Å². The van der Waals surface area contributed by atoms with Gasteiger partial charge in [0, 0.05) is 49.6 Å². The number of methoxy groups -OCH3 is 2. The minimum absolute atomic E-state index is 0.0831. The summed E-state index contributed by atoms with van der Waals surface area (Å²) in [4.78, 5) is 12.6. The van der Waals surface area contributed by atoms with E-state index in [-0.39, 0.29) is 5.78 Å². The third-order valence-electron chi connectivity index (χ3n) is 3.79. The monoisotopic (exact) mass is 342 g/mol. The first-order valence-corrected chi connectivity index (χ1v) is 7.39. The predicted molar refractivity (Wildman–Crippen MR) is 79.2 cm³/mol. The van der Waals surface area contributed by atoms with Gasteiger partial charge < -0.3 is 14.2 Å². The predicted octanol–water partition coefficient (Wildman–Crippen LogP) is 2.76. The molecule has 1 aromatic rings. The Balaban J connectivity index is 2.20. The van der Waals surface area contributed by atoms with Crippen LogP contribution in [0.1, 0.15) is 18.4 Å². The molecule has 1 fully saturated rings. The van der Waals surface area contributed by atoms with Crippen molar-refractivity contribution in [1.82, 2.24) is 0 Å². The van der Waals surface area contributed by atoms with Gasteiger partial charge in [-0.15, -0.1) is 0 Å². The summed E-state index contributed by atoms with van der Waals surface area (Å²) in [5.74, 6) is 0.805.